The Balaban J connectivity index is 2.91. The van der Waals surface area contributed by atoms with Crippen LogP contribution in [0.3, 0.4) is 0 Å². The van der Waals surface area contributed by atoms with Crippen LogP contribution in [0.2, 0.25) is 0 Å². The standard InChI is InChI=1S/C14H17F2NO5S/c1-8(2)7-11(13(19)20)17-12(18)9-3-5-10(6-4-9)23(21,22)14(15)16/h3-6,8,11,14H,7H2,1-2H3,(H,17,18)(H,19,20)/t11-/m0/s1. The number of carboxylic acid groups (broad SMARTS) is 1. The molecule has 0 saturated heterocycles. The first-order chi connectivity index (χ1) is 10.6. The molecular weight excluding hydrogens is 332 g/mol. The number of alkyl halides is 2. The average Bonchev–Trinajstić information content (AvgIpc) is 2.45. The van der Waals surface area contributed by atoms with Crippen molar-refractivity contribution in [1.29, 1.82) is 0 Å². The highest BCUT2D eigenvalue weighted by atomic mass is 32.2. The number of halogens is 2. The molecule has 1 amide bonds. The Morgan fingerprint density at radius 2 is 1.70 bits per heavy atom. The molecule has 0 saturated carbocycles. The van der Waals surface area contributed by atoms with E-state index >= 15 is 0 Å². The molecule has 2 N–H and O–H groups in total. The van der Waals surface area contributed by atoms with E-state index in [9.17, 15) is 26.8 Å². The fourth-order valence-corrected chi connectivity index (χ4v) is 2.55. The summed E-state index contributed by atoms with van der Waals surface area (Å²) in [6.45, 7) is 3.60. The van der Waals surface area contributed by atoms with Gasteiger partial charge in [0.1, 0.15) is 6.04 Å². The zero-order valence-electron chi connectivity index (χ0n) is 12.5. The molecule has 0 unspecified atom stereocenters. The van der Waals surface area contributed by atoms with Crippen LogP contribution in [0, 0.1) is 5.92 Å². The van der Waals surface area contributed by atoms with Crippen LogP contribution >= 0.6 is 0 Å². The van der Waals surface area contributed by atoms with Crippen molar-refractivity contribution >= 4 is 21.7 Å². The first-order valence-corrected chi connectivity index (χ1v) is 8.26. The highest BCUT2D eigenvalue weighted by Crippen LogP contribution is 2.18. The summed E-state index contributed by atoms with van der Waals surface area (Å²) in [4.78, 5) is 22.4. The number of amides is 1. The van der Waals surface area contributed by atoms with Gasteiger partial charge >= 0.3 is 11.7 Å². The zero-order chi connectivity index (χ0) is 17.8. The third-order valence-electron chi connectivity index (χ3n) is 2.99. The molecule has 0 aliphatic carbocycles. The van der Waals surface area contributed by atoms with Crippen LogP contribution < -0.4 is 5.32 Å². The van der Waals surface area contributed by atoms with Crippen molar-refractivity contribution in [3.63, 3.8) is 0 Å². The van der Waals surface area contributed by atoms with Crippen molar-refractivity contribution in [1.82, 2.24) is 5.32 Å². The Morgan fingerprint density at radius 3 is 2.09 bits per heavy atom. The summed E-state index contributed by atoms with van der Waals surface area (Å²) in [5.74, 6) is -5.43. The van der Waals surface area contributed by atoms with Gasteiger partial charge in [0.15, 0.2) is 0 Å². The fraction of sp³-hybridized carbons (Fsp3) is 0.429. The second-order valence-electron chi connectivity index (χ2n) is 5.32. The van der Waals surface area contributed by atoms with Gasteiger partial charge in [0.05, 0.1) is 4.90 Å². The van der Waals surface area contributed by atoms with Crippen molar-refractivity contribution in [2.45, 2.75) is 37.0 Å². The average molecular weight is 349 g/mol. The number of hydrogen-bond donors (Lipinski definition) is 2. The van der Waals surface area contributed by atoms with E-state index in [0.29, 0.717) is 0 Å². The normalized spacial score (nSPS) is 13.1. The van der Waals surface area contributed by atoms with Crippen LogP contribution in [0.1, 0.15) is 30.6 Å². The quantitative estimate of drug-likeness (QED) is 0.783. The van der Waals surface area contributed by atoms with E-state index in [1.807, 2.05) is 0 Å². The third-order valence-corrected chi connectivity index (χ3v) is 4.39. The van der Waals surface area contributed by atoms with Gasteiger partial charge in [-0.05, 0) is 36.6 Å². The van der Waals surface area contributed by atoms with Gasteiger partial charge in [-0.15, -0.1) is 0 Å². The van der Waals surface area contributed by atoms with Gasteiger partial charge in [-0.3, -0.25) is 4.79 Å². The van der Waals surface area contributed by atoms with E-state index in [-0.39, 0.29) is 17.9 Å². The van der Waals surface area contributed by atoms with Crippen molar-refractivity contribution in [2.24, 2.45) is 5.92 Å². The predicted octanol–water partition coefficient (Wildman–Crippen LogP) is 1.91. The fourth-order valence-electron chi connectivity index (χ4n) is 1.83. The van der Waals surface area contributed by atoms with Crippen LogP contribution in [-0.4, -0.2) is 37.2 Å². The number of rotatable bonds is 7. The number of carboxylic acids is 1. The number of aliphatic carboxylic acids is 1. The number of nitrogens with one attached hydrogen (secondary N) is 1. The second kappa shape index (κ2) is 7.49. The molecule has 6 nitrogen and oxygen atoms in total. The molecule has 23 heavy (non-hydrogen) atoms. The lowest BCUT2D eigenvalue weighted by Crippen LogP contribution is -2.41. The molecule has 0 spiro atoms. The van der Waals surface area contributed by atoms with E-state index in [2.05, 4.69) is 5.32 Å². The monoisotopic (exact) mass is 349 g/mol. The van der Waals surface area contributed by atoms with Crippen LogP contribution in [0.4, 0.5) is 8.78 Å². The molecule has 0 bridgehead atoms. The highest BCUT2D eigenvalue weighted by Gasteiger charge is 2.27. The van der Waals surface area contributed by atoms with Crippen LogP contribution in [-0.2, 0) is 14.6 Å². The van der Waals surface area contributed by atoms with Gasteiger partial charge in [-0.1, -0.05) is 13.8 Å². The van der Waals surface area contributed by atoms with E-state index < -0.39 is 38.4 Å². The van der Waals surface area contributed by atoms with Crippen molar-refractivity contribution in [2.75, 3.05) is 0 Å². The molecule has 0 radical (unpaired) electrons. The van der Waals surface area contributed by atoms with Crippen LogP contribution in [0.25, 0.3) is 0 Å². The molecule has 1 rings (SSSR count). The third kappa shape index (κ3) is 4.98. The Bertz CT molecular complexity index is 671. The molecule has 0 aromatic heterocycles. The Morgan fingerprint density at radius 1 is 1.17 bits per heavy atom. The smallest absolute Gasteiger partial charge is 0.341 e. The zero-order valence-corrected chi connectivity index (χ0v) is 13.3. The molecule has 0 aliphatic heterocycles. The summed E-state index contributed by atoms with van der Waals surface area (Å²) < 4.78 is 47.4. The van der Waals surface area contributed by atoms with Crippen molar-refractivity contribution < 1.29 is 31.9 Å². The van der Waals surface area contributed by atoms with E-state index in [1.54, 1.807) is 13.8 Å². The van der Waals surface area contributed by atoms with E-state index in [1.165, 1.54) is 0 Å². The molecule has 1 aromatic rings. The minimum atomic E-state index is -4.73. The first kappa shape index (κ1) is 19.0. The van der Waals surface area contributed by atoms with Crippen molar-refractivity contribution in [3.8, 4) is 0 Å². The predicted molar refractivity (Wildman–Crippen MR) is 78.0 cm³/mol. The van der Waals surface area contributed by atoms with E-state index in [0.717, 1.165) is 24.3 Å². The molecular formula is C14H17F2NO5S. The molecule has 1 aromatic carbocycles. The lowest BCUT2D eigenvalue weighted by molar-refractivity contribution is -0.139. The minimum absolute atomic E-state index is 0.0202. The topological polar surface area (TPSA) is 101 Å². The highest BCUT2D eigenvalue weighted by molar-refractivity contribution is 7.91. The SMILES string of the molecule is CC(C)C[C@H](NC(=O)c1ccc(S(=O)(=O)C(F)F)cc1)C(=O)O. The molecule has 0 aliphatic rings. The van der Waals surface area contributed by atoms with Crippen LogP contribution in [0.15, 0.2) is 29.2 Å². The second-order valence-corrected chi connectivity index (χ2v) is 7.24. The van der Waals surface area contributed by atoms with Crippen molar-refractivity contribution in [3.05, 3.63) is 29.8 Å². The summed E-state index contributed by atoms with van der Waals surface area (Å²) in [5.41, 5.74) is -0.0202. The number of benzene rings is 1. The summed E-state index contributed by atoms with van der Waals surface area (Å²) in [6, 6.07) is 2.79. The molecule has 128 valence electrons. The minimum Gasteiger partial charge on any atom is -0.480 e. The van der Waals surface area contributed by atoms with E-state index in [4.69, 9.17) is 5.11 Å². The van der Waals surface area contributed by atoms with Gasteiger partial charge in [0.25, 0.3) is 5.91 Å². The van der Waals surface area contributed by atoms with Gasteiger partial charge in [0.2, 0.25) is 9.84 Å². The van der Waals surface area contributed by atoms with Gasteiger partial charge < -0.3 is 10.4 Å². The Hall–Kier alpha value is -2.03. The number of carbonyl (C=O) groups excluding carboxylic acids is 1. The summed E-state index contributed by atoms with van der Waals surface area (Å²) in [7, 11) is -4.73. The molecule has 0 fully saturated rings. The first-order valence-electron chi connectivity index (χ1n) is 6.71. The Labute approximate surface area is 132 Å². The van der Waals surface area contributed by atoms with Gasteiger partial charge in [0, 0.05) is 5.56 Å². The number of carbonyl (C=O) groups is 2. The Kier molecular flexibility index (Phi) is 6.20. The van der Waals surface area contributed by atoms with Gasteiger partial charge in [-0.25, -0.2) is 13.2 Å². The summed E-state index contributed by atoms with van der Waals surface area (Å²) in [5, 5.41) is 11.4. The molecule has 9 heteroatoms. The maximum Gasteiger partial charge on any atom is 0.341 e. The molecule has 0 heterocycles. The summed E-state index contributed by atoms with van der Waals surface area (Å²) in [6.07, 6.45) is 0.221. The molecule has 1 atom stereocenters. The lowest BCUT2D eigenvalue weighted by Gasteiger charge is -2.16. The maximum atomic E-state index is 12.4. The largest absolute Gasteiger partial charge is 0.480 e. The van der Waals surface area contributed by atoms with Gasteiger partial charge in [-0.2, -0.15) is 8.78 Å². The number of sulfone groups is 1. The lowest BCUT2D eigenvalue weighted by atomic mass is 10.0. The maximum absolute atomic E-state index is 12.4. The summed E-state index contributed by atoms with van der Waals surface area (Å²) >= 11 is 0. The number of hydrogen-bond acceptors (Lipinski definition) is 4. The van der Waals surface area contributed by atoms with Crippen LogP contribution in [0.5, 0.6) is 0 Å².